The van der Waals surface area contributed by atoms with Gasteiger partial charge in [-0.2, -0.15) is 0 Å². The van der Waals surface area contributed by atoms with Gasteiger partial charge < -0.3 is 15.4 Å². The first kappa shape index (κ1) is 23.3. The van der Waals surface area contributed by atoms with Gasteiger partial charge in [-0.15, -0.1) is 0 Å². The predicted octanol–water partition coefficient (Wildman–Crippen LogP) is 2.16. The normalized spacial score (nSPS) is 23.5. The van der Waals surface area contributed by atoms with Crippen molar-refractivity contribution in [3.8, 4) is 5.75 Å². The average molecular weight is 451 g/mol. The Kier molecular flexibility index (Phi) is 7.62. The highest BCUT2D eigenvalue weighted by Gasteiger charge is 2.44. The van der Waals surface area contributed by atoms with Crippen LogP contribution in [-0.4, -0.2) is 67.0 Å². The smallest absolute Gasteiger partial charge is 0.239 e. The molecule has 0 spiro atoms. The summed E-state index contributed by atoms with van der Waals surface area (Å²) >= 11 is 0. The molecule has 33 heavy (non-hydrogen) atoms. The Hall–Kier alpha value is -2.90. The largest absolute Gasteiger partial charge is 0.497 e. The first-order valence-corrected chi connectivity index (χ1v) is 11.7. The zero-order chi connectivity index (χ0) is 23.2. The van der Waals surface area contributed by atoms with E-state index in [0.29, 0.717) is 25.9 Å². The lowest BCUT2D eigenvalue weighted by Crippen LogP contribution is -2.49. The molecule has 7 nitrogen and oxygen atoms in total. The second-order valence-corrected chi connectivity index (χ2v) is 8.98. The van der Waals surface area contributed by atoms with Crippen molar-refractivity contribution >= 4 is 11.8 Å². The summed E-state index contributed by atoms with van der Waals surface area (Å²) in [5.41, 5.74) is 2.26. The lowest BCUT2D eigenvalue weighted by Gasteiger charge is -2.33. The quantitative estimate of drug-likeness (QED) is 0.645. The maximum absolute atomic E-state index is 13.0. The molecule has 2 aliphatic rings. The van der Waals surface area contributed by atoms with Crippen LogP contribution in [0.15, 0.2) is 54.6 Å². The summed E-state index contributed by atoms with van der Waals surface area (Å²) in [5.74, 6) is 0.936. The van der Waals surface area contributed by atoms with Crippen molar-refractivity contribution in [2.24, 2.45) is 0 Å². The summed E-state index contributed by atoms with van der Waals surface area (Å²) in [5, 5.41) is 6.14. The van der Waals surface area contributed by atoms with Gasteiger partial charge in [-0.1, -0.05) is 42.5 Å². The lowest BCUT2D eigenvalue weighted by molar-refractivity contribution is -0.126. The number of ether oxygens (including phenoxy) is 1. The zero-order valence-corrected chi connectivity index (χ0v) is 19.5. The minimum atomic E-state index is -0.149. The fourth-order valence-electron chi connectivity index (χ4n) is 4.97. The molecule has 0 radical (unpaired) electrons. The van der Waals surface area contributed by atoms with Gasteiger partial charge in [0.1, 0.15) is 11.8 Å². The highest BCUT2D eigenvalue weighted by atomic mass is 16.5. The van der Waals surface area contributed by atoms with Gasteiger partial charge in [0.2, 0.25) is 11.8 Å². The minimum absolute atomic E-state index is 0.0310. The van der Waals surface area contributed by atoms with E-state index in [2.05, 4.69) is 39.6 Å². The molecule has 2 N–H and O–H groups in total. The van der Waals surface area contributed by atoms with E-state index in [9.17, 15) is 9.59 Å². The van der Waals surface area contributed by atoms with Crippen molar-refractivity contribution in [1.29, 1.82) is 0 Å². The van der Waals surface area contributed by atoms with E-state index < -0.39 is 0 Å². The Balaban J connectivity index is 1.29. The molecule has 0 bridgehead atoms. The summed E-state index contributed by atoms with van der Waals surface area (Å²) in [6.07, 6.45) is 2.11. The summed E-state index contributed by atoms with van der Waals surface area (Å²) in [7, 11) is 3.74. The molecule has 0 aliphatic carbocycles. The van der Waals surface area contributed by atoms with E-state index in [1.165, 1.54) is 5.56 Å². The molecule has 0 saturated carbocycles. The van der Waals surface area contributed by atoms with Crippen LogP contribution in [-0.2, 0) is 22.7 Å². The molecule has 2 amide bonds. The van der Waals surface area contributed by atoms with Crippen LogP contribution >= 0.6 is 0 Å². The van der Waals surface area contributed by atoms with Crippen molar-refractivity contribution in [1.82, 2.24) is 20.4 Å². The molecule has 3 atom stereocenters. The van der Waals surface area contributed by atoms with Gasteiger partial charge in [0.25, 0.3) is 0 Å². The topological polar surface area (TPSA) is 73.9 Å². The van der Waals surface area contributed by atoms with Crippen molar-refractivity contribution in [3.05, 3.63) is 65.7 Å². The van der Waals surface area contributed by atoms with Gasteiger partial charge in [-0.3, -0.25) is 19.4 Å². The molecule has 2 aliphatic heterocycles. The molecule has 2 aromatic carbocycles. The molecule has 7 heteroatoms. The van der Waals surface area contributed by atoms with Crippen LogP contribution in [0.1, 0.15) is 30.4 Å². The van der Waals surface area contributed by atoms with Crippen LogP contribution in [0.3, 0.4) is 0 Å². The maximum atomic E-state index is 13.0. The number of fused-ring (bicyclic) bond motifs is 1. The van der Waals surface area contributed by atoms with Crippen LogP contribution in [0.25, 0.3) is 0 Å². The molecular weight excluding hydrogens is 416 g/mol. The number of hydrogen-bond donors (Lipinski definition) is 2. The van der Waals surface area contributed by atoms with E-state index in [4.69, 9.17) is 4.74 Å². The molecular formula is C26H34N4O3. The molecule has 2 saturated heterocycles. The van der Waals surface area contributed by atoms with Crippen LogP contribution in [0.4, 0.5) is 0 Å². The summed E-state index contributed by atoms with van der Waals surface area (Å²) in [6, 6.07) is 18.2. The number of amides is 2. The molecule has 0 aromatic heterocycles. The second kappa shape index (κ2) is 10.8. The fraction of sp³-hybridized carbons (Fsp3) is 0.462. The first-order chi connectivity index (χ1) is 16.0. The summed E-state index contributed by atoms with van der Waals surface area (Å²) in [4.78, 5) is 30.0. The van der Waals surface area contributed by atoms with Gasteiger partial charge in [0.15, 0.2) is 0 Å². The van der Waals surface area contributed by atoms with Crippen LogP contribution in [0.5, 0.6) is 5.75 Å². The maximum Gasteiger partial charge on any atom is 0.239 e. The molecule has 3 unspecified atom stereocenters. The predicted molar refractivity (Wildman–Crippen MR) is 128 cm³/mol. The minimum Gasteiger partial charge on any atom is -0.497 e. The highest BCUT2D eigenvalue weighted by Crippen LogP contribution is 2.28. The fourth-order valence-corrected chi connectivity index (χ4v) is 4.97. The van der Waals surface area contributed by atoms with Gasteiger partial charge in [0.05, 0.1) is 7.11 Å². The van der Waals surface area contributed by atoms with E-state index in [1.54, 1.807) is 7.11 Å². The third kappa shape index (κ3) is 5.72. The van der Waals surface area contributed by atoms with Crippen molar-refractivity contribution in [2.75, 3.05) is 27.2 Å². The Morgan fingerprint density at radius 2 is 1.88 bits per heavy atom. The number of hydrogen-bond acceptors (Lipinski definition) is 5. The molecule has 4 rings (SSSR count). The van der Waals surface area contributed by atoms with Crippen LogP contribution < -0.4 is 15.4 Å². The molecule has 2 heterocycles. The number of nitrogens with one attached hydrogen (secondary N) is 2. The van der Waals surface area contributed by atoms with Gasteiger partial charge >= 0.3 is 0 Å². The molecule has 176 valence electrons. The number of likely N-dealkylation sites (tertiary alicyclic amines) is 1. The summed E-state index contributed by atoms with van der Waals surface area (Å²) in [6.45, 7) is 2.76. The standard InChI is InChI=1S/C26H34N4O3/c1-29-21(10-13-24(31)27-16-19-8-11-22(33-2)12-9-19)17-28-26(32)25-23(29)14-15-30(25)18-20-6-4-3-5-7-20/h3-9,11-12,21,23,25H,10,13-18H2,1-2H3,(H,27,31)(H,28,32). The lowest BCUT2D eigenvalue weighted by atomic mass is 10.0. The SMILES string of the molecule is COc1ccc(CNC(=O)CCC2CNC(=O)C3C(CCN3Cc3ccccc3)N2C)cc1. The Labute approximate surface area is 196 Å². The van der Waals surface area contributed by atoms with Crippen LogP contribution in [0.2, 0.25) is 0 Å². The zero-order valence-electron chi connectivity index (χ0n) is 19.5. The number of carbonyl (C=O) groups is 2. The number of carbonyl (C=O) groups excluding carboxylic acids is 2. The van der Waals surface area contributed by atoms with E-state index >= 15 is 0 Å². The molecule has 2 fully saturated rings. The number of benzene rings is 2. The Morgan fingerprint density at radius 1 is 1.12 bits per heavy atom. The molecule has 2 aromatic rings. The number of nitrogens with zero attached hydrogens (tertiary/aromatic N) is 2. The van der Waals surface area contributed by atoms with Crippen molar-refractivity contribution < 1.29 is 14.3 Å². The van der Waals surface area contributed by atoms with E-state index in [0.717, 1.165) is 30.8 Å². The number of rotatable bonds is 8. The second-order valence-electron chi connectivity index (χ2n) is 8.98. The van der Waals surface area contributed by atoms with Gasteiger partial charge in [0, 0.05) is 44.7 Å². The number of likely N-dealkylation sites (N-methyl/N-ethyl adjacent to an activating group) is 1. The highest BCUT2D eigenvalue weighted by molar-refractivity contribution is 5.83. The Morgan fingerprint density at radius 3 is 2.61 bits per heavy atom. The van der Waals surface area contributed by atoms with E-state index in [1.807, 2.05) is 42.5 Å². The average Bonchev–Trinajstić information content (AvgIpc) is 3.21. The van der Waals surface area contributed by atoms with E-state index in [-0.39, 0.29) is 29.9 Å². The number of methoxy groups -OCH3 is 1. The van der Waals surface area contributed by atoms with Gasteiger partial charge in [-0.05, 0) is 43.1 Å². The van der Waals surface area contributed by atoms with Crippen LogP contribution in [0, 0.1) is 0 Å². The third-order valence-corrected chi connectivity index (χ3v) is 6.93. The third-order valence-electron chi connectivity index (χ3n) is 6.93. The first-order valence-electron chi connectivity index (χ1n) is 11.7. The Bertz CT molecular complexity index is 934. The van der Waals surface area contributed by atoms with Gasteiger partial charge in [-0.25, -0.2) is 0 Å². The summed E-state index contributed by atoms with van der Waals surface area (Å²) < 4.78 is 5.17. The van der Waals surface area contributed by atoms with Crippen molar-refractivity contribution in [2.45, 2.75) is 50.5 Å². The van der Waals surface area contributed by atoms with Crippen molar-refractivity contribution in [3.63, 3.8) is 0 Å². The monoisotopic (exact) mass is 450 g/mol.